The number of morpholine rings is 1. The van der Waals surface area contributed by atoms with Crippen molar-refractivity contribution < 1.29 is 19.2 Å². The summed E-state index contributed by atoms with van der Waals surface area (Å²) in [7, 11) is 0. The number of carbonyl (C=O) groups excluding carboxylic acids is 2. The van der Waals surface area contributed by atoms with Crippen molar-refractivity contribution in [2.24, 2.45) is 5.16 Å². The van der Waals surface area contributed by atoms with Crippen molar-refractivity contribution >= 4 is 39.3 Å². The number of carbonyl (C=O) groups is 2. The maximum atomic E-state index is 13.5. The Kier molecular flexibility index (Phi) is 8.95. The van der Waals surface area contributed by atoms with Gasteiger partial charge in [0.15, 0.2) is 5.78 Å². The average Bonchev–Trinajstić information content (AvgIpc) is 3.33. The van der Waals surface area contributed by atoms with Gasteiger partial charge in [0.05, 0.1) is 18.9 Å². The van der Waals surface area contributed by atoms with Crippen molar-refractivity contribution in [3.8, 4) is 0 Å². The first-order valence-corrected chi connectivity index (χ1v) is 15.0. The van der Waals surface area contributed by atoms with Crippen LogP contribution in [0.1, 0.15) is 67.6 Å². The van der Waals surface area contributed by atoms with Crippen LogP contribution < -0.4 is 0 Å². The third-order valence-electron chi connectivity index (χ3n) is 8.49. The summed E-state index contributed by atoms with van der Waals surface area (Å²) in [5.74, 6) is -0.391. The number of nitrogens with zero attached hydrogens (tertiary/aromatic N) is 3. The first kappa shape index (κ1) is 30.4. The summed E-state index contributed by atoms with van der Waals surface area (Å²) in [6, 6.07) is 19.9. The van der Waals surface area contributed by atoms with E-state index in [4.69, 9.17) is 9.57 Å². The van der Waals surface area contributed by atoms with Crippen LogP contribution in [-0.2, 0) is 20.9 Å². The molecule has 4 aromatic rings. The number of hydrogen-bond acceptors (Lipinski definition) is 6. The quantitative estimate of drug-likeness (QED) is 0.0661. The summed E-state index contributed by atoms with van der Waals surface area (Å²) in [5.41, 5.74) is 6.20. The zero-order valence-electron chi connectivity index (χ0n) is 25.9. The highest BCUT2D eigenvalue weighted by atomic mass is 16.7. The second-order valence-corrected chi connectivity index (χ2v) is 11.9. The van der Waals surface area contributed by atoms with Gasteiger partial charge in [-0.05, 0) is 83.4 Å². The normalized spacial score (nSPS) is 14.8. The number of allylic oxidation sites excluding steroid dienone is 1. The maximum Gasteiger partial charge on any atom is 0.354 e. The molecule has 0 unspecified atom stereocenters. The monoisotopic (exact) mass is 579 g/mol. The molecule has 0 atom stereocenters. The number of ether oxygens (including phenoxy) is 1. The molecule has 0 amide bonds. The number of aryl methyl sites for hydroxylation is 2. The van der Waals surface area contributed by atoms with Gasteiger partial charge in [-0.3, -0.25) is 9.69 Å². The summed E-state index contributed by atoms with van der Waals surface area (Å²) < 4.78 is 7.71. The van der Waals surface area contributed by atoms with Crippen LogP contribution in [-0.4, -0.2) is 58.8 Å². The van der Waals surface area contributed by atoms with Crippen molar-refractivity contribution in [3.63, 3.8) is 0 Å². The Morgan fingerprint density at radius 3 is 2.21 bits per heavy atom. The predicted molar refractivity (Wildman–Crippen MR) is 173 cm³/mol. The third-order valence-corrected chi connectivity index (χ3v) is 8.49. The molecule has 0 aliphatic carbocycles. The van der Waals surface area contributed by atoms with Crippen LogP contribution in [0.3, 0.4) is 0 Å². The number of hydrogen-bond donors (Lipinski definition) is 0. The van der Waals surface area contributed by atoms with Crippen LogP contribution in [0, 0.1) is 6.92 Å². The molecule has 43 heavy (non-hydrogen) atoms. The molecule has 0 radical (unpaired) electrons. The Morgan fingerprint density at radius 2 is 1.58 bits per heavy atom. The molecule has 2 heterocycles. The summed E-state index contributed by atoms with van der Waals surface area (Å²) in [6.45, 7) is 17.2. The molecule has 224 valence electrons. The Bertz CT molecular complexity index is 1720. The van der Waals surface area contributed by atoms with Gasteiger partial charge in [-0.2, -0.15) is 0 Å². The number of rotatable bonds is 10. The highest BCUT2D eigenvalue weighted by Gasteiger charge is 2.37. The minimum absolute atomic E-state index is 0.00654. The number of fused-ring (bicyclic) bond motifs is 3. The molecule has 1 fully saturated rings. The highest BCUT2D eigenvalue weighted by molar-refractivity contribution is 6.16. The van der Waals surface area contributed by atoms with Crippen molar-refractivity contribution in [1.82, 2.24) is 9.47 Å². The highest BCUT2D eigenvalue weighted by Crippen LogP contribution is 2.32. The first-order chi connectivity index (χ1) is 20.6. The van der Waals surface area contributed by atoms with E-state index in [0.29, 0.717) is 56.0 Å². The standard InChI is InChI=1S/C36H41N3O4/c1-7-39-32-16-13-26(31(15-12-24(2)3)37-43-35(41)36(5,6)38-18-20-42-21-19-38)22-29(32)30-23-27(14-17-33(30)39)34(40)28-11-9-8-10-25(28)4/h8-11,13-14,16-17,22-23H,2,7,12,15,18-21H2,1,3-6H3. The first-order valence-electron chi connectivity index (χ1n) is 15.0. The molecule has 0 N–H and O–H groups in total. The van der Waals surface area contributed by atoms with Crippen LogP contribution in [0.4, 0.5) is 0 Å². The average molecular weight is 580 g/mol. The molecule has 5 rings (SSSR count). The smallest absolute Gasteiger partial charge is 0.354 e. The topological polar surface area (TPSA) is 73.1 Å². The number of ketones is 1. The fourth-order valence-corrected chi connectivity index (χ4v) is 5.78. The molecule has 0 spiro atoms. The van der Waals surface area contributed by atoms with E-state index in [0.717, 1.165) is 45.1 Å². The Labute approximate surface area is 253 Å². The molecule has 0 bridgehead atoms. The van der Waals surface area contributed by atoms with Crippen molar-refractivity contribution in [1.29, 1.82) is 0 Å². The van der Waals surface area contributed by atoms with E-state index in [1.807, 2.05) is 76.2 Å². The van der Waals surface area contributed by atoms with Gasteiger partial charge in [0, 0.05) is 58.1 Å². The lowest BCUT2D eigenvalue weighted by molar-refractivity contribution is -0.159. The third kappa shape index (κ3) is 6.19. The van der Waals surface area contributed by atoms with Crippen molar-refractivity contribution in [2.75, 3.05) is 26.3 Å². The lowest BCUT2D eigenvalue weighted by Gasteiger charge is -2.37. The van der Waals surface area contributed by atoms with E-state index in [2.05, 4.69) is 40.3 Å². The van der Waals surface area contributed by atoms with Gasteiger partial charge >= 0.3 is 5.97 Å². The second-order valence-electron chi connectivity index (χ2n) is 11.9. The van der Waals surface area contributed by atoms with Crippen LogP contribution >= 0.6 is 0 Å². The Hall–Kier alpha value is -4.07. The van der Waals surface area contributed by atoms with Gasteiger partial charge in [-0.15, -0.1) is 6.58 Å². The Balaban J connectivity index is 1.54. The number of benzene rings is 3. The van der Waals surface area contributed by atoms with Crippen molar-refractivity contribution in [2.45, 2.75) is 59.5 Å². The SMILES string of the molecule is C=C(C)CCC(=NOC(=O)C(C)(C)N1CCOCC1)c1ccc2c(c1)c1cc(C(=O)c3ccccc3C)ccc1n2CC. The van der Waals surface area contributed by atoms with E-state index in [9.17, 15) is 9.59 Å². The van der Waals surface area contributed by atoms with E-state index in [1.165, 1.54) is 0 Å². The second kappa shape index (κ2) is 12.7. The predicted octanol–water partition coefficient (Wildman–Crippen LogP) is 7.07. The fraction of sp³-hybridized carbons (Fsp3) is 0.361. The van der Waals surface area contributed by atoms with Gasteiger partial charge in [0.25, 0.3) is 0 Å². The van der Waals surface area contributed by atoms with Crippen LogP contribution in [0.25, 0.3) is 21.8 Å². The van der Waals surface area contributed by atoms with Crippen LogP contribution in [0.2, 0.25) is 0 Å². The zero-order valence-corrected chi connectivity index (χ0v) is 25.9. The molecule has 1 aliphatic rings. The van der Waals surface area contributed by atoms with Crippen LogP contribution in [0.5, 0.6) is 0 Å². The molecular formula is C36H41N3O4. The van der Waals surface area contributed by atoms with Crippen molar-refractivity contribution in [3.05, 3.63) is 95.1 Å². The largest absolute Gasteiger partial charge is 0.379 e. The van der Waals surface area contributed by atoms with E-state index in [-0.39, 0.29) is 5.78 Å². The van der Waals surface area contributed by atoms with Gasteiger partial charge in [-0.1, -0.05) is 41.1 Å². The minimum atomic E-state index is -0.828. The lowest BCUT2D eigenvalue weighted by Crippen LogP contribution is -2.54. The molecule has 0 saturated carbocycles. The number of aromatic nitrogens is 1. The molecule has 7 nitrogen and oxygen atoms in total. The minimum Gasteiger partial charge on any atom is -0.379 e. The molecule has 1 aliphatic heterocycles. The molecule has 1 saturated heterocycles. The maximum absolute atomic E-state index is 13.5. The van der Waals surface area contributed by atoms with Gasteiger partial charge in [0.2, 0.25) is 0 Å². The zero-order chi connectivity index (χ0) is 30.7. The molecule has 3 aromatic carbocycles. The summed E-state index contributed by atoms with van der Waals surface area (Å²) in [4.78, 5) is 34.4. The van der Waals surface area contributed by atoms with Gasteiger partial charge in [-0.25, -0.2) is 4.79 Å². The number of oxime groups is 1. The Morgan fingerprint density at radius 1 is 0.953 bits per heavy atom. The summed E-state index contributed by atoms with van der Waals surface area (Å²) in [5, 5.41) is 6.47. The molecule has 7 heteroatoms. The van der Waals surface area contributed by atoms with Crippen LogP contribution in [0.15, 0.2) is 78.0 Å². The van der Waals surface area contributed by atoms with Gasteiger partial charge in [0.1, 0.15) is 5.54 Å². The van der Waals surface area contributed by atoms with E-state index < -0.39 is 11.5 Å². The van der Waals surface area contributed by atoms with Gasteiger partial charge < -0.3 is 14.1 Å². The summed E-state index contributed by atoms with van der Waals surface area (Å²) in [6.07, 6.45) is 1.29. The molecular weight excluding hydrogens is 538 g/mol. The fourth-order valence-electron chi connectivity index (χ4n) is 5.78. The van der Waals surface area contributed by atoms with E-state index >= 15 is 0 Å². The van der Waals surface area contributed by atoms with E-state index in [1.54, 1.807) is 0 Å². The lowest BCUT2D eigenvalue weighted by atomic mass is 9.97. The summed E-state index contributed by atoms with van der Waals surface area (Å²) >= 11 is 0. The molecule has 1 aromatic heterocycles.